The summed E-state index contributed by atoms with van der Waals surface area (Å²) in [5.41, 5.74) is 1.63. The van der Waals surface area contributed by atoms with Gasteiger partial charge in [0.25, 0.3) is 5.91 Å². The quantitative estimate of drug-likeness (QED) is 0.693. The van der Waals surface area contributed by atoms with Crippen LogP contribution in [0.25, 0.3) is 10.9 Å². The standard InChI is InChI=1S/C19H16N2O3/c1-21(15-8-3-2-4-9-15)18(22)13-24-19(23)17-12-11-14-7-5-6-10-16(14)20-17/h2-12H,13H2,1H3. The van der Waals surface area contributed by atoms with Crippen LogP contribution in [0.1, 0.15) is 10.5 Å². The van der Waals surface area contributed by atoms with Gasteiger partial charge in [-0.3, -0.25) is 4.79 Å². The van der Waals surface area contributed by atoms with E-state index in [9.17, 15) is 9.59 Å². The van der Waals surface area contributed by atoms with Crippen LogP contribution < -0.4 is 4.90 Å². The number of hydrogen-bond acceptors (Lipinski definition) is 4. The van der Waals surface area contributed by atoms with E-state index in [0.717, 1.165) is 11.1 Å². The maximum Gasteiger partial charge on any atom is 0.357 e. The third-order valence-electron chi connectivity index (χ3n) is 3.65. The lowest BCUT2D eigenvalue weighted by Crippen LogP contribution is -2.31. The van der Waals surface area contributed by atoms with Gasteiger partial charge in [-0.2, -0.15) is 0 Å². The van der Waals surface area contributed by atoms with E-state index in [-0.39, 0.29) is 18.2 Å². The molecule has 5 nitrogen and oxygen atoms in total. The summed E-state index contributed by atoms with van der Waals surface area (Å²) < 4.78 is 5.09. The molecule has 0 fully saturated rings. The lowest BCUT2D eigenvalue weighted by Gasteiger charge is -2.17. The zero-order chi connectivity index (χ0) is 16.9. The van der Waals surface area contributed by atoms with Crippen LogP contribution >= 0.6 is 0 Å². The highest BCUT2D eigenvalue weighted by molar-refractivity contribution is 5.96. The molecule has 120 valence electrons. The van der Waals surface area contributed by atoms with E-state index < -0.39 is 5.97 Å². The molecule has 24 heavy (non-hydrogen) atoms. The summed E-state index contributed by atoms with van der Waals surface area (Å²) in [7, 11) is 1.64. The van der Waals surface area contributed by atoms with Gasteiger partial charge in [-0.25, -0.2) is 9.78 Å². The smallest absolute Gasteiger partial charge is 0.357 e. The molecule has 1 heterocycles. The second-order valence-corrected chi connectivity index (χ2v) is 5.25. The molecule has 5 heteroatoms. The topological polar surface area (TPSA) is 59.5 Å². The van der Waals surface area contributed by atoms with E-state index in [1.807, 2.05) is 54.6 Å². The number of esters is 1. The van der Waals surface area contributed by atoms with E-state index in [0.29, 0.717) is 5.52 Å². The van der Waals surface area contributed by atoms with Gasteiger partial charge in [0.2, 0.25) is 0 Å². The number of anilines is 1. The molecule has 0 aliphatic heterocycles. The average Bonchev–Trinajstić information content (AvgIpc) is 2.65. The summed E-state index contributed by atoms with van der Waals surface area (Å²) in [5.74, 6) is -0.925. The number of carbonyl (C=O) groups excluding carboxylic acids is 2. The van der Waals surface area contributed by atoms with Crippen molar-refractivity contribution in [3.63, 3.8) is 0 Å². The second kappa shape index (κ2) is 6.91. The minimum Gasteiger partial charge on any atom is -0.451 e. The van der Waals surface area contributed by atoms with Crippen molar-refractivity contribution in [3.05, 3.63) is 72.4 Å². The lowest BCUT2D eigenvalue weighted by atomic mass is 10.2. The molecule has 1 aromatic heterocycles. The molecule has 0 saturated carbocycles. The normalized spacial score (nSPS) is 10.4. The number of nitrogens with zero attached hydrogens (tertiary/aromatic N) is 2. The molecule has 3 rings (SSSR count). The highest BCUT2D eigenvalue weighted by Gasteiger charge is 2.15. The minimum absolute atomic E-state index is 0.184. The molecule has 0 atom stereocenters. The highest BCUT2D eigenvalue weighted by atomic mass is 16.5. The predicted octanol–water partition coefficient (Wildman–Crippen LogP) is 3.05. The fraction of sp³-hybridized carbons (Fsp3) is 0.105. The molecule has 2 aromatic carbocycles. The number of ether oxygens (including phenoxy) is 1. The Balaban J connectivity index is 1.65. The van der Waals surface area contributed by atoms with Crippen LogP contribution in [-0.4, -0.2) is 30.5 Å². The molecule has 0 unspecified atom stereocenters. The van der Waals surface area contributed by atoms with Gasteiger partial charge in [0.1, 0.15) is 5.69 Å². The van der Waals surface area contributed by atoms with Crippen LogP contribution in [0.2, 0.25) is 0 Å². The molecule has 0 bridgehead atoms. The van der Waals surface area contributed by atoms with Crippen molar-refractivity contribution < 1.29 is 14.3 Å². The Hall–Kier alpha value is -3.21. The van der Waals surface area contributed by atoms with Crippen LogP contribution in [-0.2, 0) is 9.53 Å². The summed E-state index contributed by atoms with van der Waals surface area (Å²) >= 11 is 0. The first-order chi connectivity index (χ1) is 11.6. The van der Waals surface area contributed by atoms with Crippen molar-refractivity contribution in [3.8, 4) is 0 Å². The number of fused-ring (bicyclic) bond motifs is 1. The van der Waals surface area contributed by atoms with E-state index in [4.69, 9.17) is 4.74 Å². The van der Waals surface area contributed by atoms with E-state index in [1.54, 1.807) is 19.2 Å². The number of benzene rings is 2. The number of rotatable bonds is 4. The molecule has 0 saturated heterocycles. The van der Waals surface area contributed by atoms with Crippen molar-refractivity contribution in [2.24, 2.45) is 0 Å². The fourth-order valence-electron chi connectivity index (χ4n) is 2.27. The van der Waals surface area contributed by atoms with Crippen LogP contribution in [0.15, 0.2) is 66.7 Å². The molecule has 0 radical (unpaired) electrons. The summed E-state index contributed by atoms with van der Waals surface area (Å²) in [6.07, 6.45) is 0. The first-order valence-corrected chi connectivity index (χ1v) is 7.49. The van der Waals surface area contributed by atoms with Crippen molar-refractivity contribution in [2.75, 3.05) is 18.6 Å². The Kier molecular flexibility index (Phi) is 4.52. The first-order valence-electron chi connectivity index (χ1n) is 7.49. The van der Waals surface area contributed by atoms with Crippen molar-refractivity contribution in [1.82, 2.24) is 4.98 Å². The Morgan fingerprint density at radius 3 is 2.46 bits per heavy atom. The van der Waals surface area contributed by atoms with Gasteiger partial charge >= 0.3 is 5.97 Å². The number of pyridine rings is 1. The van der Waals surface area contributed by atoms with Gasteiger partial charge in [-0.05, 0) is 24.3 Å². The molecule has 0 aliphatic rings. The van der Waals surface area contributed by atoms with Crippen LogP contribution in [0, 0.1) is 0 Å². The molecule has 0 N–H and O–H groups in total. The number of aromatic nitrogens is 1. The fourth-order valence-corrected chi connectivity index (χ4v) is 2.27. The van der Waals surface area contributed by atoms with Gasteiger partial charge < -0.3 is 9.64 Å². The third-order valence-corrected chi connectivity index (χ3v) is 3.65. The molecule has 3 aromatic rings. The molecule has 1 amide bonds. The zero-order valence-corrected chi connectivity index (χ0v) is 13.2. The Bertz CT molecular complexity index is 878. The number of carbonyl (C=O) groups is 2. The predicted molar refractivity (Wildman–Crippen MR) is 91.9 cm³/mol. The number of likely N-dealkylation sites (N-methyl/N-ethyl adjacent to an activating group) is 1. The second-order valence-electron chi connectivity index (χ2n) is 5.25. The monoisotopic (exact) mass is 320 g/mol. The zero-order valence-electron chi connectivity index (χ0n) is 13.2. The number of amides is 1. The largest absolute Gasteiger partial charge is 0.451 e. The molecule has 0 aliphatic carbocycles. The molecule has 0 spiro atoms. The van der Waals surface area contributed by atoms with Gasteiger partial charge in [-0.1, -0.05) is 42.5 Å². The van der Waals surface area contributed by atoms with Gasteiger partial charge in [0.15, 0.2) is 6.61 Å². The van der Waals surface area contributed by atoms with Gasteiger partial charge in [0, 0.05) is 18.1 Å². The van der Waals surface area contributed by atoms with Gasteiger partial charge in [-0.15, -0.1) is 0 Å². The summed E-state index contributed by atoms with van der Waals surface area (Å²) in [4.78, 5) is 29.9. The molecular formula is C19H16N2O3. The van der Waals surface area contributed by atoms with E-state index in [2.05, 4.69) is 4.98 Å². The Morgan fingerprint density at radius 2 is 1.67 bits per heavy atom. The summed E-state index contributed by atoms with van der Waals surface area (Å²) in [5, 5.41) is 0.939. The van der Waals surface area contributed by atoms with Crippen LogP contribution in [0.5, 0.6) is 0 Å². The highest BCUT2D eigenvalue weighted by Crippen LogP contribution is 2.13. The number of para-hydroxylation sites is 2. The summed E-state index contributed by atoms with van der Waals surface area (Å²) in [6.45, 7) is -0.335. The summed E-state index contributed by atoms with van der Waals surface area (Å²) in [6, 6.07) is 20.0. The Morgan fingerprint density at radius 1 is 0.958 bits per heavy atom. The third kappa shape index (κ3) is 3.41. The maximum absolute atomic E-state index is 12.1. The lowest BCUT2D eigenvalue weighted by molar-refractivity contribution is -0.121. The number of hydrogen-bond donors (Lipinski definition) is 0. The maximum atomic E-state index is 12.1. The molecular weight excluding hydrogens is 304 g/mol. The van der Waals surface area contributed by atoms with Crippen molar-refractivity contribution in [2.45, 2.75) is 0 Å². The Labute approximate surface area is 139 Å². The average molecular weight is 320 g/mol. The van der Waals surface area contributed by atoms with E-state index in [1.165, 1.54) is 4.90 Å². The SMILES string of the molecule is CN(C(=O)COC(=O)c1ccc2ccccc2n1)c1ccccc1. The van der Waals surface area contributed by atoms with E-state index >= 15 is 0 Å². The van der Waals surface area contributed by atoms with Crippen LogP contribution in [0.4, 0.5) is 5.69 Å². The van der Waals surface area contributed by atoms with Crippen molar-refractivity contribution >= 4 is 28.5 Å². The van der Waals surface area contributed by atoms with Gasteiger partial charge in [0.05, 0.1) is 5.52 Å². The first kappa shape index (κ1) is 15.7. The minimum atomic E-state index is -0.615. The van der Waals surface area contributed by atoms with Crippen molar-refractivity contribution in [1.29, 1.82) is 0 Å². The van der Waals surface area contributed by atoms with Crippen LogP contribution in [0.3, 0.4) is 0 Å².